The Morgan fingerprint density at radius 1 is 1.36 bits per heavy atom. The third-order valence-electron chi connectivity index (χ3n) is 3.70. The van der Waals surface area contributed by atoms with Crippen LogP contribution in [0.5, 0.6) is 5.75 Å². The molecule has 3 atom stereocenters. The van der Waals surface area contributed by atoms with Crippen molar-refractivity contribution in [3.8, 4) is 5.75 Å². The fourth-order valence-corrected chi connectivity index (χ4v) is 2.19. The standard InChI is InChI=1S/C16H22F3N3O2.HI/c1-3-20-15(22-13-8-10(13)2)21-9-14(23)11-4-6-12(7-5-11)24-16(17,18)19;/h4-7,10,13-14,23H,3,8-9H2,1-2H3,(H2,20,21,22);1H. The first-order valence-corrected chi connectivity index (χ1v) is 7.87. The predicted molar refractivity (Wildman–Crippen MR) is 100 cm³/mol. The molecule has 1 aliphatic rings. The van der Waals surface area contributed by atoms with Crippen molar-refractivity contribution in [2.24, 2.45) is 10.9 Å². The number of aliphatic hydroxyl groups excluding tert-OH is 1. The number of alkyl halides is 3. The minimum absolute atomic E-state index is 0. The molecule has 1 aromatic rings. The van der Waals surface area contributed by atoms with Crippen molar-refractivity contribution >= 4 is 29.9 Å². The number of hydrogen-bond donors (Lipinski definition) is 3. The zero-order valence-electron chi connectivity index (χ0n) is 14.0. The second kappa shape index (κ2) is 9.46. The van der Waals surface area contributed by atoms with Gasteiger partial charge in [0.05, 0.1) is 12.6 Å². The summed E-state index contributed by atoms with van der Waals surface area (Å²) in [5, 5.41) is 16.5. The average Bonchev–Trinajstić information content (AvgIpc) is 3.19. The van der Waals surface area contributed by atoms with Crippen LogP contribution >= 0.6 is 24.0 Å². The van der Waals surface area contributed by atoms with Crippen molar-refractivity contribution in [1.29, 1.82) is 0 Å². The molecule has 0 bridgehead atoms. The van der Waals surface area contributed by atoms with E-state index in [2.05, 4.69) is 27.3 Å². The molecule has 0 aromatic heterocycles. The summed E-state index contributed by atoms with van der Waals surface area (Å²) >= 11 is 0. The van der Waals surface area contributed by atoms with Crippen LogP contribution in [0.3, 0.4) is 0 Å². The quantitative estimate of drug-likeness (QED) is 0.338. The Hall–Kier alpha value is -1.23. The van der Waals surface area contributed by atoms with Crippen molar-refractivity contribution < 1.29 is 23.0 Å². The predicted octanol–water partition coefficient (Wildman–Crippen LogP) is 3.20. The zero-order chi connectivity index (χ0) is 17.7. The molecule has 2 rings (SSSR count). The summed E-state index contributed by atoms with van der Waals surface area (Å²) in [4.78, 5) is 4.32. The molecule has 0 saturated heterocycles. The first-order chi connectivity index (χ1) is 11.3. The van der Waals surface area contributed by atoms with Crippen molar-refractivity contribution in [2.45, 2.75) is 38.8 Å². The first kappa shape index (κ1) is 21.8. The Morgan fingerprint density at radius 3 is 2.44 bits per heavy atom. The Balaban J connectivity index is 0.00000312. The number of aliphatic hydroxyl groups is 1. The number of nitrogens with one attached hydrogen (secondary N) is 2. The molecule has 25 heavy (non-hydrogen) atoms. The van der Waals surface area contributed by atoms with Crippen LogP contribution in [-0.4, -0.2) is 36.6 Å². The number of benzene rings is 1. The molecule has 1 aromatic carbocycles. The highest BCUT2D eigenvalue weighted by Gasteiger charge is 2.33. The highest BCUT2D eigenvalue weighted by atomic mass is 127. The summed E-state index contributed by atoms with van der Waals surface area (Å²) in [5.41, 5.74) is 0.476. The fourth-order valence-electron chi connectivity index (χ4n) is 2.19. The van der Waals surface area contributed by atoms with Crippen molar-refractivity contribution in [3.63, 3.8) is 0 Å². The molecule has 142 valence electrons. The Bertz CT molecular complexity index is 567. The van der Waals surface area contributed by atoms with Crippen LogP contribution in [-0.2, 0) is 0 Å². The zero-order valence-corrected chi connectivity index (χ0v) is 16.3. The number of ether oxygens (including phenoxy) is 1. The molecule has 5 nitrogen and oxygen atoms in total. The van der Waals surface area contributed by atoms with E-state index in [0.717, 1.165) is 6.42 Å². The van der Waals surface area contributed by atoms with Gasteiger partial charge in [-0.05, 0) is 37.0 Å². The number of nitrogens with zero attached hydrogens (tertiary/aromatic N) is 1. The highest BCUT2D eigenvalue weighted by molar-refractivity contribution is 14.0. The van der Waals surface area contributed by atoms with Gasteiger partial charge in [-0.25, -0.2) is 0 Å². The van der Waals surface area contributed by atoms with Crippen LogP contribution in [0.1, 0.15) is 31.9 Å². The summed E-state index contributed by atoms with van der Waals surface area (Å²) in [5.74, 6) is 0.919. The van der Waals surface area contributed by atoms with Gasteiger partial charge < -0.3 is 20.5 Å². The van der Waals surface area contributed by atoms with E-state index in [1.807, 2.05) is 6.92 Å². The lowest BCUT2D eigenvalue weighted by Crippen LogP contribution is -2.39. The first-order valence-electron chi connectivity index (χ1n) is 7.87. The summed E-state index contributed by atoms with van der Waals surface area (Å²) < 4.78 is 40.1. The van der Waals surface area contributed by atoms with Gasteiger partial charge in [-0.15, -0.1) is 37.1 Å². The molecule has 0 radical (unpaired) electrons. The Kier molecular flexibility index (Phi) is 8.26. The van der Waals surface area contributed by atoms with E-state index >= 15 is 0 Å². The molecular weight excluding hydrogens is 450 g/mol. The molecule has 0 amide bonds. The molecule has 1 fully saturated rings. The Labute approximate surface area is 162 Å². The third-order valence-corrected chi connectivity index (χ3v) is 3.70. The van der Waals surface area contributed by atoms with Gasteiger partial charge in [-0.1, -0.05) is 19.1 Å². The van der Waals surface area contributed by atoms with Crippen LogP contribution < -0.4 is 15.4 Å². The number of aliphatic imine (C=N–C) groups is 1. The summed E-state index contributed by atoms with van der Waals surface area (Å²) in [7, 11) is 0. The third kappa shape index (κ3) is 7.68. The molecule has 1 aliphatic carbocycles. The topological polar surface area (TPSA) is 65.9 Å². The second-order valence-corrected chi connectivity index (χ2v) is 5.82. The maximum Gasteiger partial charge on any atom is 0.573 e. The van der Waals surface area contributed by atoms with Gasteiger partial charge in [0.1, 0.15) is 5.75 Å². The molecule has 0 heterocycles. The van der Waals surface area contributed by atoms with Gasteiger partial charge in [-0.2, -0.15) is 0 Å². The molecule has 0 spiro atoms. The Morgan fingerprint density at radius 2 is 1.96 bits per heavy atom. The lowest BCUT2D eigenvalue weighted by Gasteiger charge is -2.14. The van der Waals surface area contributed by atoms with E-state index in [-0.39, 0.29) is 36.3 Å². The fraction of sp³-hybridized carbons (Fsp3) is 0.562. The van der Waals surface area contributed by atoms with Crippen molar-refractivity contribution in [2.75, 3.05) is 13.1 Å². The van der Waals surface area contributed by atoms with Gasteiger partial charge >= 0.3 is 6.36 Å². The second-order valence-electron chi connectivity index (χ2n) is 5.82. The lowest BCUT2D eigenvalue weighted by atomic mass is 10.1. The van der Waals surface area contributed by atoms with Gasteiger partial charge in [0.25, 0.3) is 0 Å². The minimum Gasteiger partial charge on any atom is -0.406 e. The van der Waals surface area contributed by atoms with Gasteiger partial charge in [0, 0.05) is 12.6 Å². The van der Waals surface area contributed by atoms with E-state index in [0.29, 0.717) is 30.0 Å². The SMILES string of the molecule is CCNC(=NCC(O)c1ccc(OC(F)(F)F)cc1)NC1CC1C.I. The van der Waals surface area contributed by atoms with Crippen LogP contribution in [0, 0.1) is 5.92 Å². The van der Waals surface area contributed by atoms with Crippen LogP contribution in [0.2, 0.25) is 0 Å². The lowest BCUT2D eigenvalue weighted by molar-refractivity contribution is -0.274. The van der Waals surface area contributed by atoms with Crippen LogP contribution in [0.15, 0.2) is 29.3 Å². The maximum atomic E-state index is 12.1. The molecule has 3 N–H and O–H groups in total. The molecule has 1 saturated carbocycles. The van der Waals surface area contributed by atoms with Gasteiger partial charge in [0.15, 0.2) is 5.96 Å². The molecule has 0 aliphatic heterocycles. The number of halogens is 4. The van der Waals surface area contributed by atoms with E-state index in [4.69, 9.17) is 0 Å². The van der Waals surface area contributed by atoms with E-state index in [9.17, 15) is 18.3 Å². The van der Waals surface area contributed by atoms with E-state index in [1.54, 1.807) is 0 Å². The normalized spacial score (nSPS) is 21.1. The van der Waals surface area contributed by atoms with Gasteiger partial charge in [-0.3, -0.25) is 4.99 Å². The smallest absolute Gasteiger partial charge is 0.406 e. The average molecular weight is 473 g/mol. The number of hydrogen-bond acceptors (Lipinski definition) is 3. The summed E-state index contributed by atoms with van der Waals surface area (Å²) in [6, 6.07) is 5.53. The minimum atomic E-state index is -4.73. The van der Waals surface area contributed by atoms with Gasteiger partial charge in [0.2, 0.25) is 0 Å². The van der Waals surface area contributed by atoms with Crippen molar-refractivity contribution in [3.05, 3.63) is 29.8 Å². The number of guanidine groups is 1. The summed E-state index contributed by atoms with van der Waals surface area (Å²) in [6.07, 6.45) is -4.54. The largest absolute Gasteiger partial charge is 0.573 e. The van der Waals surface area contributed by atoms with Crippen LogP contribution in [0.4, 0.5) is 13.2 Å². The molecule has 9 heteroatoms. The molecule has 3 unspecified atom stereocenters. The maximum absolute atomic E-state index is 12.1. The molecular formula is C16H23F3IN3O2. The van der Waals surface area contributed by atoms with Crippen LogP contribution in [0.25, 0.3) is 0 Å². The number of rotatable bonds is 6. The monoisotopic (exact) mass is 473 g/mol. The van der Waals surface area contributed by atoms with E-state index in [1.165, 1.54) is 24.3 Å². The summed E-state index contributed by atoms with van der Waals surface area (Å²) in [6.45, 7) is 4.90. The van der Waals surface area contributed by atoms with Crippen molar-refractivity contribution in [1.82, 2.24) is 10.6 Å². The van der Waals surface area contributed by atoms with E-state index < -0.39 is 12.5 Å². The highest BCUT2D eigenvalue weighted by Crippen LogP contribution is 2.29.